The van der Waals surface area contributed by atoms with Crippen molar-refractivity contribution in [2.75, 3.05) is 12.0 Å². The van der Waals surface area contributed by atoms with Gasteiger partial charge in [-0.2, -0.15) is 0 Å². The van der Waals surface area contributed by atoms with E-state index in [1.54, 1.807) is 6.92 Å². The van der Waals surface area contributed by atoms with Crippen LogP contribution in [0.15, 0.2) is 23.1 Å². The highest BCUT2D eigenvalue weighted by Crippen LogP contribution is 2.17. The molecule has 8 heteroatoms. The van der Waals surface area contributed by atoms with Gasteiger partial charge in [-0.1, -0.05) is 19.4 Å². The van der Waals surface area contributed by atoms with Crippen molar-refractivity contribution in [1.29, 1.82) is 0 Å². The zero-order valence-corrected chi connectivity index (χ0v) is 13.8. The fraction of sp³-hybridized carbons (Fsp3) is 0.462. The first-order valence-electron chi connectivity index (χ1n) is 6.42. The minimum Gasteiger partial charge on any atom is -0.268 e. The molecule has 0 heterocycles. The van der Waals surface area contributed by atoms with Crippen LogP contribution in [-0.4, -0.2) is 34.8 Å². The number of carbonyl (C=O) groups is 1. The van der Waals surface area contributed by atoms with Gasteiger partial charge in [0.15, 0.2) is 9.84 Å². The number of sulfone groups is 1. The van der Waals surface area contributed by atoms with Crippen LogP contribution in [0.4, 0.5) is 0 Å². The highest BCUT2D eigenvalue weighted by Gasteiger charge is 2.18. The molecule has 0 atom stereocenters. The summed E-state index contributed by atoms with van der Waals surface area (Å²) in [5.74, 6) is -0.962. The first-order valence-corrected chi connectivity index (χ1v) is 9.96. The normalized spacial score (nSPS) is 12.1. The van der Waals surface area contributed by atoms with Crippen LogP contribution < -0.4 is 4.72 Å². The maximum atomic E-state index is 11.9. The SMILES string of the molecule is CCCCS(=O)(=O)NC(=O)c1ccc(C)c(S(C)(=O)=O)c1. The summed E-state index contributed by atoms with van der Waals surface area (Å²) in [6, 6.07) is 4.06. The van der Waals surface area contributed by atoms with Crippen LogP contribution in [0.5, 0.6) is 0 Å². The van der Waals surface area contributed by atoms with Gasteiger partial charge in [0.1, 0.15) is 0 Å². The third-order valence-electron chi connectivity index (χ3n) is 2.86. The second-order valence-corrected chi connectivity index (χ2v) is 8.68. The number of aryl methyl sites for hydroxylation is 1. The van der Waals surface area contributed by atoms with E-state index in [9.17, 15) is 21.6 Å². The molecule has 1 aromatic carbocycles. The van der Waals surface area contributed by atoms with Gasteiger partial charge in [-0.15, -0.1) is 0 Å². The summed E-state index contributed by atoms with van der Waals surface area (Å²) in [5.41, 5.74) is 0.504. The molecule has 1 amide bonds. The van der Waals surface area contributed by atoms with E-state index in [0.717, 1.165) is 6.26 Å². The summed E-state index contributed by atoms with van der Waals surface area (Å²) in [4.78, 5) is 11.9. The standard InChI is InChI=1S/C13H19NO5S2/c1-4-5-8-21(18,19)14-13(15)11-7-6-10(2)12(9-11)20(3,16)17/h6-7,9H,4-5,8H2,1-3H3,(H,14,15). The fourth-order valence-corrected chi connectivity index (χ4v) is 3.89. The van der Waals surface area contributed by atoms with E-state index < -0.39 is 25.8 Å². The lowest BCUT2D eigenvalue weighted by Gasteiger charge is -2.09. The number of nitrogens with one attached hydrogen (secondary N) is 1. The van der Waals surface area contributed by atoms with E-state index in [4.69, 9.17) is 0 Å². The Morgan fingerprint density at radius 2 is 1.81 bits per heavy atom. The van der Waals surface area contributed by atoms with Gasteiger partial charge < -0.3 is 0 Å². The van der Waals surface area contributed by atoms with E-state index in [-0.39, 0.29) is 16.2 Å². The first kappa shape index (κ1) is 17.6. The molecule has 118 valence electrons. The summed E-state index contributed by atoms with van der Waals surface area (Å²) in [6.45, 7) is 3.45. The van der Waals surface area contributed by atoms with Gasteiger partial charge in [0.2, 0.25) is 10.0 Å². The Morgan fingerprint density at radius 1 is 1.19 bits per heavy atom. The molecule has 0 aliphatic heterocycles. The lowest BCUT2D eigenvalue weighted by atomic mass is 10.1. The average molecular weight is 333 g/mol. The Labute approximate surface area is 125 Å². The van der Waals surface area contributed by atoms with Crippen molar-refractivity contribution in [3.8, 4) is 0 Å². The number of carbonyl (C=O) groups excluding carboxylic acids is 1. The molecule has 0 aliphatic carbocycles. The van der Waals surface area contributed by atoms with E-state index in [1.165, 1.54) is 18.2 Å². The zero-order chi connectivity index (χ0) is 16.3. The van der Waals surface area contributed by atoms with Gasteiger partial charge in [-0.05, 0) is 31.0 Å². The van der Waals surface area contributed by atoms with Crippen molar-refractivity contribution >= 4 is 25.8 Å². The molecule has 0 unspecified atom stereocenters. The predicted molar refractivity (Wildman–Crippen MR) is 80.4 cm³/mol. The van der Waals surface area contributed by atoms with Gasteiger partial charge in [-0.3, -0.25) is 4.79 Å². The van der Waals surface area contributed by atoms with Crippen LogP contribution >= 0.6 is 0 Å². The molecular weight excluding hydrogens is 314 g/mol. The van der Waals surface area contributed by atoms with Gasteiger partial charge >= 0.3 is 0 Å². The maximum absolute atomic E-state index is 11.9. The molecule has 0 aliphatic rings. The number of hydrogen-bond donors (Lipinski definition) is 1. The van der Waals surface area contributed by atoms with Crippen molar-refractivity contribution in [2.45, 2.75) is 31.6 Å². The molecule has 0 aromatic heterocycles. The summed E-state index contributed by atoms with van der Waals surface area (Å²) >= 11 is 0. The smallest absolute Gasteiger partial charge is 0.264 e. The topological polar surface area (TPSA) is 97.4 Å². The van der Waals surface area contributed by atoms with E-state index in [2.05, 4.69) is 0 Å². The molecule has 0 saturated carbocycles. The molecule has 0 bridgehead atoms. The molecule has 6 nitrogen and oxygen atoms in total. The number of benzene rings is 1. The van der Waals surface area contributed by atoms with Gasteiger partial charge in [0.05, 0.1) is 10.6 Å². The predicted octanol–water partition coefficient (Wildman–Crippen LogP) is 1.26. The minimum absolute atomic E-state index is 0.00102. The monoisotopic (exact) mass is 333 g/mol. The van der Waals surface area contributed by atoms with Gasteiger partial charge in [-0.25, -0.2) is 21.6 Å². The van der Waals surface area contributed by atoms with Crippen LogP contribution in [0.3, 0.4) is 0 Å². The number of sulfonamides is 1. The van der Waals surface area contributed by atoms with Crippen LogP contribution in [0.25, 0.3) is 0 Å². The largest absolute Gasteiger partial charge is 0.268 e. The highest BCUT2D eigenvalue weighted by molar-refractivity contribution is 7.90. The molecule has 0 fully saturated rings. The van der Waals surface area contributed by atoms with Crippen LogP contribution in [0.2, 0.25) is 0 Å². The second kappa shape index (κ2) is 6.57. The quantitative estimate of drug-likeness (QED) is 0.845. The van der Waals surface area contributed by atoms with Crippen LogP contribution in [0, 0.1) is 6.92 Å². The molecule has 0 radical (unpaired) electrons. The van der Waals surface area contributed by atoms with Gasteiger partial charge in [0, 0.05) is 11.8 Å². The molecule has 1 N–H and O–H groups in total. The van der Waals surface area contributed by atoms with Crippen LogP contribution in [0.1, 0.15) is 35.7 Å². The first-order chi connectivity index (χ1) is 9.57. The molecule has 21 heavy (non-hydrogen) atoms. The Morgan fingerprint density at radius 3 is 2.33 bits per heavy atom. The van der Waals surface area contributed by atoms with E-state index >= 15 is 0 Å². The Hall–Kier alpha value is -1.41. The molecule has 0 spiro atoms. The molecule has 1 aromatic rings. The van der Waals surface area contributed by atoms with Crippen molar-refractivity contribution in [3.63, 3.8) is 0 Å². The number of rotatable bonds is 6. The van der Waals surface area contributed by atoms with Crippen molar-refractivity contribution in [2.24, 2.45) is 0 Å². The summed E-state index contributed by atoms with van der Waals surface area (Å²) in [6.07, 6.45) is 2.18. The summed E-state index contributed by atoms with van der Waals surface area (Å²) in [7, 11) is -7.18. The van der Waals surface area contributed by atoms with E-state index in [1.807, 2.05) is 11.6 Å². The van der Waals surface area contributed by atoms with Crippen LogP contribution in [-0.2, 0) is 19.9 Å². The molecular formula is C13H19NO5S2. The van der Waals surface area contributed by atoms with Gasteiger partial charge in [0.25, 0.3) is 5.91 Å². The number of amides is 1. The molecule has 1 rings (SSSR count). The van der Waals surface area contributed by atoms with Crippen molar-refractivity contribution in [3.05, 3.63) is 29.3 Å². The lowest BCUT2D eigenvalue weighted by molar-refractivity contribution is 0.0981. The molecule has 0 saturated heterocycles. The highest BCUT2D eigenvalue weighted by atomic mass is 32.2. The van der Waals surface area contributed by atoms with E-state index in [0.29, 0.717) is 18.4 Å². The number of hydrogen-bond acceptors (Lipinski definition) is 5. The summed E-state index contributed by atoms with van der Waals surface area (Å²) in [5, 5.41) is 0. The average Bonchev–Trinajstić information content (AvgIpc) is 2.35. The third kappa shape index (κ3) is 5.13. The summed E-state index contributed by atoms with van der Waals surface area (Å²) < 4.78 is 48.5. The lowest BCUT2D eigenvalue weighted by Crippen LogP contribution is -2.32. The second-order valence-electron chi connectivity index (χ2n) is 4.86. The Kier molecular flexibility index (Phi) is 5.52. The zero-order valence-electron chi connectivity index (χ0n) is 12.2. The Bertz CT molecular complexity index is 736. The van der Waals surface area contributed by atoms with Crippen molar-refractivity contribution in [1.82, 2.24) is 4.72 Å². The minimum atomic E-state index is -3.70. The third-order valence-corrected chi connectivity index (χ3v) is 5.43. The Balaban J connectivity index is 3.05. The number of unbranched alkanes of at least 4 members (excludes halogenated alkanes) is 1. The fourth-order valence-electron chi connectivity index (χ4n) is 1.73. The maximum Gasteiger partial charge on any atom is 0.264 e. The van der Waals surface area contributed by atoms with Crippen molar-refractivity contribution < 1.29 is 21.6 Å².